The molecule has 0 aromatic rings. The van der Waals surface area contributed by atoms with Crippen molar-refractivity contribution in [3.8, 4) is 0 Å². The van der Waals surface area contributed by atoms with Crippen LogP contribution in [0.4, 0.5) is 0 Å². The molecule has 0 saturated carbocycles. The van der Waals surface area contributed by atoms with Crippen LogP contribution in [0.2, 0.25) is 0 Å². The molecule has 0 radical (unpaired) electrons. The first-order chi connectivity index (χ1) is 62.0. The predicted molar refractivity (Wildman–Crippen MR) is 461 cm³/mol. The molecule has 30 atom stereocenters. The van der Waals surface area contributed by atoms with Crippen LogP contribution in [0.25, 0.3) is 0 Å². The van der Waals surface area contributed by atoms with Gasteiger partial charge in [0.15, 0.2) is 12.6 Å². The maximum absolute atomic E-state index is 13.9. The number of carbonyl (C=O) groups is 7. The fraction of sp³-hybridized carbons (Fsp3) is 0.876. The number of nitrogens with one attached hydrogen (secondary N) is 4. The molecule has 5 fully saturated rings. The second-order valence-electron chi connectivity index (χ2n) is 35.3. The van der Waals surface area contributed by atoms with Crippen LogP contribution in [0.5, 0.6) is 0 Å². The lowest BCUT2D eigenvalue weighted by Gasteiger charge is -2.51. The number of carboxylic acid groups (broad SMARTS) is 3. The van der Waals surface area contributed by atoms with Gasteiger partial charge in [0.25, 0.3) is 17.4 Å². The molecule has 5 heterocycles. The van der Waals surface area contributed by atoms with Gasteiger partial charge in [0.1, 0.15) is 104 Å². The summed E-state index contributed by atoms with van der Waals surface area (Å²) < 4.78 is 58.3. The van der Waals surface area contributed by atoms with Gasteiger partial charge in [-0.1, -0.05) is 205 Å². The van der Waals surface area contributed by atoms with Crippen molar-refractivity contribution in [2.45, 2.75) is 454 Å². The number of aliphatic hydroxyl groups excluding tert-OH is 17. The molecule has 41 heteroatoms. The third-order valence-electron chi connectivity index (χ3n) is 24.6. The monoisotopic (exact) mass is 1870 g/mol. The first kappa shape index (κ1) is 115. The minimum atomic E-state index is -3.58. The summed E-state index contributed by atoms with van der Waals surface area (Å²) in [5, 5.41) is 235. The standard InChI is InChI=1S/C89H156N4O37/c1-6-8-10-12-14-16-18-20-21-22-23-24-25-26-27-28-29-31-33-35-37-39-41-43-66(107)93-56(57(102)42-40-38-36-34-32-30-19-17-15-13-11-9-7-2)52-121-82-75(113)74(112)77(65(51-98)123-82)124-83-76(114)81(71(109)62(48-95)122-83)130-89(86(119)120)46-60(105)69(92-55(5)101)80(129-89)73(111)64(50-97)126-88(85(117)118)45-59(104)68(91-54(4)100)79(128-88)72(110)63(49-96)125-87(84(115)116)44-58(103)67(90-53(3)99)78(127-87)70(108)61(106)47-94/h20-21,40,42,56-65,67-83,94-98,102-106,108-114H,6-19,22-39,41,43-52H2,1-5H3,(H,90,99)(H,91,100)(H,92,101)(H,93,107)(H,115,116)(H,117,118)(H,119,120)/b21-20-,42-40+/t56-,57+,58?,59?,60?,61+,62?,63+,64+,65?,67+,68+,69+,70+,71-,72+,73+,74+,75?,76?,77+,78?,79?,80?,81-,82+,83-,87+,88+,89-/m0/s1. The summed E-state index contributed by atoms with van der Waals surface area (Å²) in [5.41, 5.74) is 0. The van der Waals surface area contributed by atoms with Crippen LogP contribution in [-0.2, 0) is 80.9 Å². The zero-order valence-electron chi connectivity index (χ0n) is 76.2. The number of hydrogen-bond donors (Lipinski definition) is 24. The first-order valence-electron chi connectivity index (χ1n) is 47.0. The van der Waals surface area contributed by atoms with Crippen molar-refractivity contribution in [3.05, 3.63) is 24.3 Å². The molecule has 0 aromatic heterocycles. The third kappa shape index (κ3) is 36.0. The highest BCUT2D eigenvalue weighted by atomic mass is 16.8. The summed E-state index contributed by atoms with van der Waals surface area (Å²) in [4.78, 5) is 92.3. The van der Waals surface area contributed by atoms with Gasteiger partial charge in [-0.15, -0.1) is 0 Å². The lowest BCUT2D eigenvalue weighted by Crippen LogP contribution is -2.72. The van der Waals surface area contributed by atoms with Gasteiger partial charge in [-0.25, -0.2) is 14.4 Å². The Morgan fingerprint density at radius 2 is 0.777 bits per heavy atom. The van der Waals surface area contributed by atoms with Crippen LogP contribution < -0.4 is 21.3 Å². The van der Waals surface area contributed by atoms with E-state index >= 15 is 0 Å². The molecule has 754 valence electrons. The molecule has 5 saturated heterocycles. The Balaban J connectivity index is 1.30. The predicted octanol–water partition coefficient (Wildman–Crippen LogP) is 0.410. The summed E-state index contributed by atoms with van der Waals surface area (Å²) in [6.07, 6.45) is -10.3. The van der Waals surface area contributed by atoms with Crippen molar-refractivity contribution >= 4 is 41.5 Å². The molecule has 4 amide bonds. The van der Waals surface area contributed by atoms with Gasteiger partial charge in [0, 0.05) is 46.5 Å². The Kier molecular flexibility index (Phi) is 53.4. The van der Waals surface area contributed by atoms with Gasteiger partial charge in [-0.05, 0) is 44.9 Å². The molecule has 10 unspecified atom stereocenters. The number of ether oxygens (including phenoxy) is 10. The maximum atomic E-state index is 13.9. The molecule has 5 aliphatic heterocycles. The molecule has 24 N–H and O–H groups in total. The van der Waals surface area contributed by atoms with Gasteiger partial charge in [-0.3, -0.25) is 19.2 Å². The summed E-state index contributed by atoms with van der Waals surface area (Å²) in [5.74, 6) is -20.6. The average Bonchev–Trinajstić information content (AvgIpc) is 0.748. The van der Waals surface area contributed by atoms with Crippen LogP contribution in [-0.4, -0.2) is 366 Å². The van der Waals surface area contributed by atoms with E-state index in [1.165, 1.54) is 134 Å². The van der Waals surface area contributed by atoms with Crippen molar-refractivity contribution in [2.24, 2.45) is 0 Å². The Bertz CT molecular complexity index is 3300. The number of unbranched alkanes of at least 4 members (excludes halogenated alkanes) is 30. The fourth-order valence-corrected chi connectivity index (χ4v) is 17.2. The van der Waals surface area contributed by atoms with Crippen molar-refractivity contribution < 1.29 is 183 Å². The molecule has 5 aliphatic rings. The van der Waals surface area contributed by atoms with Crippen LogP contribution >= 0.6 is 0 Å². The number of aliphatic carboxylic acids is 3. The van der Waals surface area contributed by atoms with Crippen LogP contribution in [0.15, 0.2) is 24.3 Å². The number of hydrogen-bond acceptors (Lipinski definition) is 34. The summed E-state index contributed by atoms with van der Waals surface area (Å²) in [6.45, 7) is -0.0552. The van der Waals surface area contributed by atoms with E-state index in [2.05, 4.69) is 47.3 Å². The molecule has 5 rings (SSSR count). The number of carboxylic acids is 3. The normalized spacial score (nSPS) is 31.5. The number of amides is 4. The van der Waals surface area contributed by atoms with E-state index in [0.717, 1.165) is 91.4 Å². The average molecular weight is 1870 g/mol. The van der Waals surface area contributed by atoms with Gasteiger partial charge in [0.05, 0.1) is 88.2 Å². The highest BCUT2D eigenvalue weighted by molar-refractivity contribution is 5.79. The molecule has 0 aliphatic carbocycles. The summed E-state index contributed by atoms with van der Waals surface area (Å²) in [7, 11) is 0. The topological polar surface area (TPSA) is 665 Å². The van der Waals surface area contributed by atoms with Crippen molar-refractivity contribution in [2.75, 3.05) is 39.6 Å². The smallest absolute Gasteiger partial charge is 0.364 e. The zero-order chi connectivity index (χ0) is 96.3. The van der Waals surface area contributed by atoms with E-state index in [-0.39, 0.29) is 6.42 Å². The summed E-state index contributed by atoms with van der Waals surface area (Å²) in [6, 6.07) is -7.03. The molecule has 130 heavy (non-hydrogen) atoms. The number of rotatable bonds is 66. The maximum Gasteiger partial charge on any atom is 0.364 e. The number of carbonyl (C=O) groups excluding carboxylic acids is 4. The van der Waals surface area contributed by atoms with Crippen molar-refractivity contribution in [3.63, 3.8) is 0 Å². The zero-order valence-corrected chi connectivity index (χ0v) is 76.2. The Hall–Kier alpha value is -5.31. The van der Waals surface area contributed by atoms with Crippen LogP contribution in [0.1, 0.15) is 272 Å². The van der Waals surface area contributed by atoms with Crippen LogP contribution in [0, 0.1) is 0 Å². The number of aliphatic hydroxyl groups is 17. The number of allylic oxidation sites excluding steroid dienone is 3. The second kappa shape index (κ2) is 60.3. The van der Waals surface area contributed by atoms with E-state index in [4.69, 9.17) is 47.4 Å². The van der Waals surface area contributed by atoms with E-state index in [0.29, 0.717) is 12.8 Å². The Morgan fingerprint density at radius 1 is 0.415 bits per heavy atom. The van der Waals surface area contributed by atoms with Gasteiger partial charge in [0.2, 0.25) is 23.6 Å². The van der Waals surface area contributed by atoms with Crippen molar-refractivity contribution in [1.29, 1.82) is 0 Å². The molecular weight excluding hydrogens is 1720 g/mol. The van der Waals surface area contributed by atoms with E-state index in [9.17, 15) is 136 Å². The molecule has 0 bridgehead atoms. The molecule has 0 spiro atoms. The highest BCUT2D eigenvalue weighted by Crippen LogP contribution is 2.43. The van der Waals surface area contributed by atoms with Crippen molar-refractivity contribution in [1.82, 2.24) is 21.3 Å². The fourth-order valence-electron chi connectivity index (χ4n) is 17.2. The third-order valence-corrected chi connectivity index (χ3v) is 24.6. The molecule has 41 nitrogen and oxygen atoms in total. The van der Waals surface area contributed by atoms with Gasteiger partial charge >= 0.3 is 17.9 Å². The first-order valence-corrected chi connectivity index (χ1v) is 47.0. The quantitative estimate of drug-likeness (QED) is 0.0290. The van der Waals surface area contributed by atoms with Crippen LogP contribution in [0.3, 0.4) is 0 Å². The minimum Gasteiger partial charge on any atom is -0.477 e. The van der Waals surface area contributed by atoms with Gasteiger partial charge < -0.3 is 171 Å². The summed E-state index contributed by atoms with van der Waals surface area (Å²) >= 11 is 0. The van der Waals surface area contributed by atoms with Gasteiger partial charge in [-0.2, -0.15) is 0 Å². The SMILES string of the molecule is CCCCCCCC/C=C\CCCCCCCCCCCCCCCC(=O)N[C@@H](CO[C@@H]1OC(CO)[C@@H](O[C@@H]2OC(CO)[C@H](O)[C@H](O[C@]3(C(=O)O)CC(O)[C@@H](NC(C)=O)C([C@H](O)[C@@H](CO)O[C@]4(C(=O)O)CC(O)[C@@H](NC(C)=O)C([C@H](O)[C@@H](CO)O[C@]5(C(=O)O)CC(O)[C@@H](NC(C)=O)C([C@H](O)[C@H](O)CO)O5)O4)O3)C2O)[C@H](O)C1O)[C@H](O)/C=C/CCCCCCCCCCCCC. The van der Waals surface area contributed by atoms with E-state index in [1.807, 2.05) is 0 Å². The molecular formula is C89H156N4O37. The lowest BCUT2D eigenvalue weighted by molar-refractivity contribution is -0.388. The second-order valence-corrected chi connectivity index (χ2v) is 35.3. The minimum absolute atomic E-state index is 0.120. The van der Waals surface area contributed by atoms with E-state index in [1.54, 1.807) is 6.08 Å². The molecule has 0 aromatic carbocycles. The largest absolute Gasteiger partial charge is 0.477 e. The Labute approximate surface area is 761 Å². The lowest BCUT2D eigenvalue weighted by atomic mass is 9.86. The van der Waals surface area contributed by atoms with E-state index < -0.39 is 283 Å². The Morgan fingerprint density at radius 3 is 1.15 bits per heavy atom. The highest BCUT2D eigenvalue weighted by Gasteiger charge is 2.64.